The van der Waals surface area contributed by atoms with Crippen LogP contribution in [-0.4, -0.2) is 67.6 Å². The molecule has 2 aromatic rings. The Morgan fingerprint density at radius 3 is 2.46 bits per heavy atom. The Labute approximate surface area is 269 Å². The lowest BCUT2D eigenvalue weighted by molar-refractivity contribution is -0.140. The first-order valence-electron chi connectivity index (χ1n) is 16.0. The maximum Gasteiger partial charge on any atom is 0.411 e. The number of nitrogens with zero attached hydrogens (tertiary/aromatic N) is 1. The Kier molecular flexibility index (Phi) is 8.91. The fourth-order valence-electron chi connectivity index (χ4n) is 6.64. The highest BCUT2D eigenvalue weighted by Crippen LogP contribution is 2.47. The maximum atomic E-state index is 13.9. The molecule has 5 unspecified atom stereocenters. The summed E-state index contributed by atoms with van der Waals surface area (Å²) in [5.41, 5.74) is 0.878. The van der Waals surface area contributed by atoms with Crippen LogP contribution in [0.3, 0.4) is 0 Å². The zero-order chi connectivity index (χ0) is 32.5. The van der Waals surface area contributed by atoms with Gasteiger partial charge in [-0.2, -0.15) is 0 Å². The van der Waals surface area contributed by atoms with Crippen molar-refractivity contribution in [2.24, 2.45) is 17.8 Å². The van der Waals surface area contributed by atoms with Crippen molar-refractivity contribution in [2.75, 3.05) is 18.9 Å². The van der Waals surface area contributed by atoms with Gasteiger partial charge >= 0.3 is 6.09 Å². The first-order valence-corrected chi connectivity index (χ1v) is 17.5. The van der Waals surface area contributed by atoms with E-state index in [2.05, 4.69) is 15.4 Å². The molecule has 1 aliphatic heterocycles. The van der Waals surface area contributed by atoms with Gasteiger partial charge in [0.1, 0.15) is 11.6 Å². The number of carbonyl (C=O) groups is 4. The predicted molar refractivity (Wildman–Crippen MR) is 172 cm³/mol. The van der Waals surface area contributed by atoms with Gasteiger partial charge in [-0.05, 0) is 63.0 Å². The van der Waals surface area contributed by atoms with E-state index in [1.165, 1.54) is 0 Å². The summed E-state index contributed by atoms with van der Waals surface area (Å²) in [4.78, 5) is 55.8. The first-order chi connectivity index (χ1) is 22.1. The van der Waals surface area contributed by atoms with Gasteiger partial charge in [-0.1, -0.05) is 60.7 Å². The average molecular weight is 649 g/mol. The summed E-state index contributed by atoms with van der Waals surface area (Å²) in [5, 5.41) is 5.08. The van der Waals surface area contributed by atoms with Gasteiger partial charge in [0.2, 0.25) is 21.8 Å². The van der Waals surface area contributed by atoms with Crippen LogP contribution in [0.25, 0.3) is 11.1 Å². The zero-order valence-electron chi connectivity index (χ0n) is 25.8. The maximum absolute atomic E-state index is 13.9. The molecule has 0 saturated heterocycles. The molecular weight excluding hydrogens is 608 g/mol. The lowest BCUT2D eigenvalue weighted by Crippen LogP contribution is -2.54. The second-order valence-corrected chi connectivity index (χ2v) is 14.8. The van der Waals surface area contributed by atoms with E-state index in [0.717, 1.165) is 30.4 Å². The molecule has 1 heterocycles. The smallest absolute Gasteiger partial charge is 0.411 e. The van der Waals surface area contributed by atoms with E-state index in [0.29, 0.717) is 25.1 Å². The number of amides is 4. The monoisotopic (exact) mass is 648 g/mol. The molecule has 4 amide bonds. The van der Waals surface area contributed by atoms with Crippen molar-refractivity contribution in [1.82, 2.24) is 14.9 Å². The number of allylic oxidation sites excluding steroid dienone is 1. The van der Waals surface area contributed by atoms with Gasteiger partial charge in [-0.25, -0.2) is 13.2 Å². The molecule has 0 spiro atoms. The second-order valence-electron chi connectivity index (χ2n) is 12.9. The van der Waals surface area contributed by atoms with Crippen LogP contribution in [0.1, 0.15) is 51.4 Å². The van der Waals surface area contributed by atoms with Crippen molar-refractivity contribution in [3.05, 3.63) is 66.7 Å². The molecule has 46 heavy (non-hydrogen) atoms. The van der Waals surface area contributed by atoms with Crippen molar-refractivity contribution < 1.29 is 32.3 Å². The standard InChI is InChI=1S/C34H40N4O7S/c1-38-18-10-3-2-7-13-23-21-34(23,32(41)37-46(43,44)25-16-17-25)36-30(39)27-19-24(20-28(27)31(38)40)45-33(42)35-29-15-9-8-14-26(29)22-11-5-4-6-12-22/h4-9,11-15,23-25,27-28H,2-3,10,16-21H2,1H3,(H,35,42)(H,36,39)(H,37,41). The van der Waals surface area contributed by atoms with Gasteiger partial charge in [0.05, 0.1) is 22.8 Å². The minimum atomic E-state index is -3.83. The molecule has 0 radical (unpaired) electrons. The van der Waals surface area contributed by atoms with Crippen molar-refractivity contribution in [1.29, 1.82) is 0 Å². The predicted octanol–water partition coefficient (Wildman–Crippen LogP) is 3.98. The van der Waals surface area contributed by atoms with Crippen molar-refractivity contribution in [3.8, 4) is 11.1 Å². The summed E-state index contributed by atoms with van der Waals surface area (Å²) >= 11 is 0. The lowest BCUT2D eigenvalue weighted by atomic mass is 9.93. The largest absolute Gasteiger partial charge is 0.446 e. The summed E-state index contributed by atoms with van der Waals surface area (Å²) in [7, 11) is -2.13. The summed E-state index contributed by atoms with van der Waals surface area (Å²) in [6, 6.07) is 17.0. The van der Waals surface area contributed by atoms with Gasteiger partial charge in [0, 0.05) is 25.1 Å². The molecule has 2 aromatic carbocycles. The number of hydrogen-bond donors (Lipinski definition) is 3. The Balaban J connectivity index is 1.20. The van der Waals surface area contributed by atoms with Crippen LogP contribution in [0, 0.1) is 17.8 Å². The van der Waals surface area contributed by atoms with E-state index < -0.39 is 56.7 Å². The molecule has 4 aliphatic rings. The number of fused-ring (bicyclic) bond motifs is 2. The highest BCUT2D eigenvalue weighted by molar-refractivity contribution is 7.91. The Hall–Kier alpha value is -4.19. The number of ether oxygens (including phenoxy) is 1. The molecule has 6 rings (SSSR count). The van der Waals surface area contributed by atoms with Crippen molar-refractivity contribution in [3.63, 3.8) is 0 Å². The minimum Gasteiger partial charge on any atom is -0.446 e. The second kappa shape index (κ2) is 12.9. The van der Waals surface area contributed by atoms with E-state index in [4.69, 9.17) is 4.74 Å². The topological polar surface area (TPSA) is 151 Å². The third-order valence-corrected chi connectivity index (χ3v) is 11.3. The molecule has 3 N–H and O–H groups in total. The normalized spacial score (nSPS) is 28.2. The Morgan fingerprint density at radius 2 is 1.70 bits per heavy atom. The lowest BCUT2D eigenvalue weighted by Gasteiger charge is -2.26. The van der Waals surface area contributed by atoms with Crippen LogP contribution >= 0.6 is 0 Å². The molecule has 12 heteroatoms. The van der Waals surface area contributed by atoms with E-state index in [-0.39, 0.29) is 31.1 Å². The minimum absolute atomic E-state index is 0.0857. The van der Waals surface area contributed by atoms with Crippen LogP contribution in [0.4, 0.5) is 10.5 Å². The number of anilines is 1. The van der Waals surface area contributed by atoms with Crippen molar-refractivity contribution in [2.45, 2.75) is 68.3 Å². The van der Waals surface area contributed by atoms with Crippen LogP contribution in [-0.2, 0) is 29.1 Å². The molecule has 3 fully saturated rings. The molecule has 11 nitrogen and oxygen atoms in total. The van der Waals surface area contributed by atoms with Gasteiger partial charge in [-0.15, -0.1) is 0 Å². The zero-order valence-corrected chi connectivity index (χ0v) is 26.6. The van der Waals surface area contributed by atoms with E-state index in [1.54, 1.807) is 18.0 Å². The highest BCUT2D eigenvalue weighted by Gasteiger charge is 2.62. The van der Waals surface area contributed by atoms with Crippen LogP contribution < -0.4 is 15.4 Å². The van der Waals surface area contributed by atoms with Crippen LogP contribution in [0.2, 0.25) is 0 Å². The van der Waals surface area contributed by atoms with Gasteiger partial charge in [0.25, 0.3) is 5.91 Å². The molecule has 244 valence electrons. The molecule has 3 saturated carbocycles. The first kappa shape index (κ1) is 31.8. The van der Waals surface area contributed by atoms with Gasteiger partial charge in [-0.3, -0.25) is 24.4 Å². The average Bonchev–Trinajstić information content (AvgIpc) is 3.96. The van der Waals surface area contributed by atoms with E-state index in [1.807, 2.05) is 60.7 Å². The third-order valence-electron chi connectivity index (χ3n) is 9.52. The molecular formula is C34H40N4O7S. The Morgan fingerprint density at radius 1 is 0.978 bits per heavy atom. The number of benzene rings is 2. The fourth-order valence-corrected chi connectivity index (χ4v) is 8.01. The number of para-hydroxylation sites is 1. The molecule has 0 aromatic heterocycles. The molecule has 5 atom stereocenters. The molecule has 0 bridgehead atoms. The van der Waals surface area contributed by atoms with Crippen molar-refractivity contribution >= 4 is 39.5 Å². The number of hydrogen-bond acceptors (Lipinski definition) is 7. The van der Waals surface area contributed by atoms with Gasteiger partial charge in [0.15, 0.2) is 0 Å². The Bertz CT molecular complexity index is 1640. The van der Waals surface area contributed by atoms with Crippen LogP contribution in [0.15, 0.2) is 66.7 Å². The highest BCUT2D eigenvalue weighted by atomic mass is 32.2. The SMILES string of the molecule is CN1CCCCC=CC2CC2(C(=O)NS(=O)(=O)C2CC2)NC(=O)C2CC(OC(=O)Nc3ccccc3-c3ccccc3)CC2C1=O. The number of rotatable bonds is 6. The van der Waals surface area contributed by atoms with E-state index >= 15 is 0 Å². The fraction of sp³-hybridized carbons (Fsp3) is 0.471. The summed E-state index contributed by atoms with van der Waals surface area (Å²) in [6.45, 7) is 0.522. The number of sulfonamides is 1. The van der Waals surface area contributed by atoms with Crippen LogP contribution in [0.5, 0.6) is 0 Å². The summed E-state index contributed by atoms with van der Waals surface area (Å²) < 4.78 is 33.3. The number of nitrogens with one attached hydrogen (secondary N) is 3. The summed E-state index contributed by atoms with van der Waals surface area (Å²) in [5.74, 6) is -3.52. The number of carbonyl (C=O) groups excluding carboxylic acids is 4. The van der Waals surface area contributed by atoms with Gasteiger partial charge < -0.3 is 15.0 Å². The summed E-state index contributed by atoms with van der Waals surface area (Å²) in [6.07, 6.45) is 6.20. The van der Waals surface area contributed by atoms with E-state index in [9.17, 15) is 27.6 Å². The quantitative estimate of drug-likeness (QED) is 0.401. The molecule has 3 aliphatic carbocycles. The third kappa shape index (κ3) is 6.81.